The molecule has 1 aliphatic heterocycles. The molecule has 1 heterocycles. The van der Waals surface area contributed by atoms with E-state index in [2.05, 4.69) is 36.9 Å². The Kier molecular flexibility index (Phi) is 4.18. The molecule has 2 rings (SSSR count). The monoisotopic (exact) mass is 245 g/mol. The second kappa shape index (κ2) is 5.66. The number of nitrogens with zero attached hydrogens (tertiary/aromatic N) is 1. The topological polar surface area (TPSA) is 20.3 Å². The van der Waals surface area contributed by atoms with Crippen LogP contribution in [0.15, 0.2) is 18.2 Å². The number of ketones is 1. The average molecular weight is 245 g/mol. The summed E-state index contributed by atoms with van der Waals surface area (Å²) in [4.78, 5) is 14.3. The van der Waals surface area contributed by atoms with E-state index in [4.69, 9.17) is 0 Å². The van der Waals surface area contributed by atoms with Crippen LogP contribution in [0.5, 0.6) is 0 Å². The fourth-order valence-corrected chi connectivity index (χ4v) is 2.81. The highest BCUT2D eigenvalue weighted by molar-refractivity contribution is 5.83. The van der Waals surface area contributed by atoms with E-state index in [1.807, 2.05) is 0 Å². The second-order valence-electron chi connectivity index (χ2n) is 5.45. The molecule has 0 radical (unpaired) electrons. The normalized spacial score (nSPS) is 18.6. The molecule has 0 spiro atoms. The average Bonchev–Trinajstić information content (AvgIpc) is 2.35. The minimum atomic E-state index is -0.0374. The first-order valence-corrected chi connectivity index (χ1v) is 6.91. The summed E-state index contributed by atoms with van der Waals surface area (Å²) in [6.45, 7) is 8.05. The highest BCUT2D eigenvalue weighted by Gasteiger charge is 2.25. The molecule has 98 valence electrons. The molecule has 1 aromatic carbocycles. The molecule has 1 unspecified atom stereocenters. The smallest absolute Gasteiger partial charge is 0.151 e. The Morgan fingerprint density at radius 1 is 1.11 bits per heavy atom. The lowest BCUT2D eigenvalue weighted by Crippen LogP contribution is -2.37. The van der Waals surface area contributed by atoms with Crippen LogP contribution in [-0.2, 0) is 4.79 Å². The van der Waals surface area contributed by atoms with Crippen molar-refractivity contribution in [3.8, 4) is 0 Å². The Morgan fingerprint density at radius 3 is 2.33 bits per heavy atom. The molecular formula is C16H23NO. The molecule has 1 aromatic rings. The summed E-state index contributed by atoms with van der Waals surface area (Å²) < 4.78 is 0. The van der Waals surface area contributed by atoms with E-state index in [9.17, 15) is 4.79 Å². The number of hydrogen-bond donors (Lipinski definition) is 0. The van der Waals surface area contributed by atoms with Gasteiger partial charge in [0.05, 0.1) is 6.04 Å². The van der Waals surface area contributed by atoms with Gasteiger partial charge in [-0.25, -0.2) is 0 Å². The van der Waals surface area contributed by atoms with Gasteiger partial charge in [-0.05, 0) is 63.4 Å². The lowest BCUT2D eigenvalue weighted by molar-refractivity contribution is -0.122. The second-order valence-corrected chi connectivity index (χ2v) is 5.45. The van der Waals surface area contributed by atoms with Crippen molar-refractivity contribution in [3.63, 3.8) is 0 Å². The molecular weight excluding hydrogens is 222 g/mol. The van der Waals surface area contributed by atoms with Crippen LogP contribution in [0.3, 0.4) is 0 Å². The first kappa shape index (κ1) is 13.3. The van der Waals surface area contributed by atoms with Crippen molar-refractivity contribution >= 4 is 5.78 Å². The van der Waals surface area contributed by atoms with Gasteiger partial charge in [0.1, 0.15) is 0 Å². The van der Waals surface area contributed by atoms with Gasteiger partial charge in [0.25, 0.3) is 0 Å². The van der Waals surface area contributed by atoms with Crippen LogP contribution in [0.25, 0.3) is 0 Å². The summed E-state index contributed by atoms with van der Waals surface area (Å²) in [5.74, 6) is 0.264. The third-order valence-electron chi connectivity index (χ3n) is 3.99. The number of likely N-dealkylation sites (tertiary alicyclic amines) is 1. The van der Waals surface area contributed by atoms with Gasteiger partial charge in [-0.2, -0.15) is 0 Å². The van der Waals surface area contributed by atoms with Crippen LogP contribution >= 0.6 is 0 Å². The van der Waals surface area contributed by atoms with Crippen LogP contribution in [-0.4, -0.2) is 23.8 Å². The van der Waals surface area contributed by atoms with Gasteiger partial charge in [-0.15, -0.1) is 0 Å². The number of carbonyl (C=O) groups is 1. The maximum absolute atomic E-state index is 12.0. The number of carbonyl (C=O) groups excluding carboxylic acids is 1. The maximum atomic E-state index is 12.0. The number of hydrogen-bond acceptors (Lipinski definition) is 2. The summed E-state index contributed by atoms with van der Waals surface area (Å²) in [7, 11) is 0. The number of rotatable bonds is 3. The maximum Gasteiger partial charge on any atom is 0.151 e. The van der Waals surface area contributed by atoms with Gasteiger partial charge < -0.3 is 0 Å². The van der Waals surface area contributed by atoms with Crippen LogP contribution in [0.2, 0.25) is 0 Å². The third-order valence-corrected chi connectivity index (χ3v) is 3.99. The van der Waals surface area contributed by atoms with Gasteiger partial charge in [0.2, 0.25) is 0 Å². The lowest BCUT2D eigenvalue weighted by Gasteiger charge is -2.33. The van der Waals surface area contributed by atoms with E-state index in [1.165, 1.54) is 30.4 Å². The Morgan fingerprint density at radius 2 is 1.78 bits per heavy atom. The number of Topliss-reactive ketones (excluding diaryl/α,β-unsaturated/α-hetero) is 1. The number of piperidine rings is 1. The zero-order valence-corrected chi connectivity index (χ0v) is 11.7. The molecule has 0 bridgehead atoms. The van der Waals surface area contributed by atoms with Crippen molar-refractivity contribution in [2.45, 2.75) is 46.1 Å². The van der Waals surface area contributed by atoms with Crippen molar-refractivity contribution in [3.05, 3.63) is 34.9 Å². The molecule has 0 N–H and O–H groups in total. The van der Waals surface area contributed by atoms with E-state index in [0.717, 1.165) is 18.7 Å². The molecule has 18 heavy (non-hydrogen) atoms. The summed E-state index contributed by atoms with van der Waals surface area (Å²) in [6.07, 6.45) is 3.73. The molecule has 2 heteroatoms. The van der Waals surface area contributed by atoms with Gasteiger partial charge >= 0.3 is 0 Å². The van der Waals surface area contributed by atoms with Crippen molar-refractivity contribution in [2.24, 2.45) is 0 Å². The Balaban J connectivity index is 2.28. The van der Waals surface area contributed by atoms with Crippen LogP contribution in [0.4, 0.5) is 0 Å². The summed E-state index contributed by atoms with van der Waals surface area (Å²) >= 11 is 0. The first-order chi connectivity index (χ1) is 8.59. The zero-order chi connectivity index (χ0) is 13.1. The summed E-state index contributed by atoms with van der Waals surface area (Å²) in [5, 5.41) is 0. The van der Waals surface area contributed by atoms with Gasteiger partial charge in [0.15, 0.2) is 5.78 Å². The molecule has 1 atom stereocenters. The van der Waals surface area contributed by atoms with Crippen molar-refractivity contribution in [1.29, 1.82) is 0 Å². The van der Waals surface area contributed by atoms with Crippen molar-refractivity contribution in [1.82, 2.24) is 4.90 Å². The minimum Gasteiger partial charge on any atom is -0.298 e. The number of benzene rings is 1. The molecule has 1 fully saturated rings. The Hall–Kier alpha value is -1.15. The quantitative estimate of drug-likeness (QED) is 0.813. The molecule has 0 amide bonds. The molecule has 0 saturated carbocycles. The van der Waals surface area contributed by atoms with E-state index in [0.29, 0.717) is 0 Å². The van der Waals surface area contributed by atoms with Crippen LogP contribution in [0, 0.1) is 13.8 Å². The minimum absolute atomic E-state index is 0.0374. The molecule has 1 aliphatic rings. The fourth-order valence-electron chi connectivity index (χ4n) is 2.81. The summed E-state index contributed by atoms with van der Waals surface area (Å²) in [6, 6.07) is 6.38. The summed E-state index contributed by atoms with van der Waals surface area (Å²) in [5.41, 5.74) is 3.72. The van der Waals surface area contributed by atoms with E-state index < -0.39 is 0 Å². The van der Waals surface area contributed by atoms with Crippen LogP contribution in [0.1, 0.15) is 48.9 Å². The zero-order valence-electron chi connectivity index (χ0n) is 11.7. The lowest BCUT2D eigenvalue weighted by atomic mass is 9.96. The fraction of sp³-hybridized carbons (Fsp3) is 0.562. The Labute approximate surface area is 110 Å². The van der Waals surface area contributed by atoms with Crippen molar-refractivity contribution in [2.75, 3.05) is 13.1 Å². The van der Waals surface area contributed by atoms with Crippen LogP contribution < -0.4 is 0 Å². The number of aryl methyl sites for hydroxylation is 2. The third kappa shape index (κ3) is 2.81. The first-order valence-electron chi connectivity index (χ1n) is 6.91. The molecule has 0 aliphatic carbocycles. The predicted octanol–water partition coefficient (Wildman–Crippen LogP) is 3.42. The van der Waals surface area contributed by atoms with E-state index in [-0.39, 0.29) is 11.8 Å². The SMILES string of the molecule is CC(=O)C(c1ccc(C)c(C)c1)N1CCCCC1. The Bertz CT molecular complexity index is 433. The predicted molar refractivity (Wildman–Crippen MR) is 74.8 cm³/mol. The highest BCUT2D eigenvalue weighted by atomic mass is 16.1. The standard InChI is InChI=1S/C16H23NO/c1-12-7-8-15(11-13(12)2)16(14(3)18)17-9-5-4-6-10-17/h7-8,11,16H,4-6,9-10H2,1-3H3. The molecule has 0 aromatic heterocycles. The highest BCUT2D eigenvalue weighted by Crippen LogP contribution is 2.26. The van der Waals surface area contributed by atoms with Gasteiger partial charge in [-0.3, -0.25) is 9.69 Å². The molecule has 2 nitrogen and oxygen atoms in total. The largest absolute Gasteiger partial charge is 0.298 e. The van der Waals surface area contributed by atoms with Gasteiger partial charge in [-0.1, -0.05) is 24.6 Å². The van der Waals surface area contributed by atoms with E-state index in [1.54, 1.807) is 6.92 Å². The molecule has 1 saturated heterocycles. The van der Waals surface area contributed by atoms with Crippen molar-refractivity contribution < 1.29 is 4.79 Å². The van der Waals surface area contributed by atoms with E-state index >= 15 is 0 Å². The van der Waals surface area contributed by atoms with Gasteiger partial charge in [0, 0.05) is 0 Å².